The number of carbonyl (C=O) groups excluding carboxylic acids is 6. The van der Waals surface area contributed by atoms with Crippen molar-refractivity contribution in [2.24, 2.45) is 0 Å². The van der Waals surface area contributed by atoms with Gasteiger partial charge in [0.1, 0.15) is 35.6 Å². The minimum absolute atomic E-state index is 0.00499. The lowest BCUT2D eigenvalue weighted by molar-refractivity contribution is -0.149. The standard InChI is InChI=1S/C41H54O15/c1-7-10-36(42)51-28(4)19-22-48-39(45)54-33-17-15-31(16-18-33)13-14-32-25-34(55-40(46)49-23-20-29(5)52-37(43)11-8-2)27-35(26-32)56-41(47)50-24-21-30(6)53-38(44)12-9-3/h13-18,25-30H,7-12,19-24H2,1-6H3/b14-13+/t28-,29-,30-/m1/s1. The fraction of sp³-hybridized carbons (Fsp3) is 0.512. The summed E-state index contributed by atoms with van der Waals surface area (Å²) in [6.45, 7) is 10.6. The molecule has 2 rings (SSSR count). The lowest BCUT2D eigenvalue weighted by atomic mass is 10.1. The normalized spacial score (nSPS) is 12.4. The van der Waals surface area contributed by atoms with Crippen LogP contribution >= 0.6 is 0 Å². The molecule has 0 N–H and O–H groups in total. The van der Waals surface area contributed by atoms with Gasteiger partial charge in [-0.1, -0.05) is 45.1 Å². The quantitative estimate of drug-likeness (QED) is 0.0450. The molecule has 0 aromatic heterocycles. The summed E-state index contributed by atoms with van der Waals surface area (Å²) in [4.78, 5) is 72.2. The van der Waals surface area contributed by atoms with E-state index in [-0.39, 0.29) is 67.8 Å². The number of ether oxygens (including phenoxy) is 9. The Bertz CT molecular complexity index is 1520. The van der Waals surface area contributed by atoms with E-state index in [0.29, 0.717) is 56.1 Å². The maximum Gasteiger partial charge on any atom is 0.513 e. The van der Waals surface area contributed by atoms with Gasteiger partial charge in [0.15, 0.2) is 0 Å². The van der Waals surface area contributed by atoms with Crippen molar-refractivity contribution in [2.45, 2.75) is 118 Å². The summed E-state index contributed by atoms with van der Waals surface area (Å²) in [7, 11) is 0. The lowest BCUT2D eigenvalue weighted by Gasteiger charge is -2.14. The monoisotopic (exact) mass is 786 g/mol. The zero-order valence-electron chi connectivity index (χ0n) is 33.0. The highest BCUT2D eigenvalue weighted by Crippen LogP contribution is 2.26. The van der Waals surface area contributed by atoms with Gasteiger partial charge < -0.3 is 42.6 Å². The Morgan fingerprint density at radius 3 is 1.18 bits per heavy atom. The van der Waals surface area contributed by atoms with Crippen molar-refractivity contribution in [1.29, 1.82) is 0 Å². The van der Waals surface area contributed by atoms with E-state index >= 15 is 0 Å². The molecule has 0 saturated heterocycles. The molecule has 0 heterocycles. The van der Waals surface area contributed by atoms with Crippen LogP contribution in [0.4, 0.5) is 14.4 Å². The molecule has 0 fully saturated rings. The lowest BCUT2D eigenvalue weighted by Crippen LogP contribution is -2.19. The van der Waals surface area contributed by atoms with Crippen LogP contribution in [-0.4, -0.2) is 74.5 Å². The van der Waals surface area contributed by atoms with Gasteiger partial charge in [-0.15, -0.1) is 0 Å². The van der Waals surface area contributed by atoms with Crippen LogP contribution in [0, 0.1) is 0 Å². The molecule has 15 heteroatoms. The molecule has 0 radical (unpaired) electrons. The molecular weight excluding hydrogens is 732 g/mol. The third kappa shape index (κ3) is 20.7. The maximum absolute atomic E-state index is 12.5. The Balaban J connectivity index is 2.05. The zero-order valence-corrected chi connectivity index (χ0v) is 33.0. The third-order valence-corrected chi connectivity index (χ3v) is 7.45. The van der Waals surface area contributed by atoms with Crippen molar-refractivity contribution < 1.29 is 71.4 Å². The highest BCUT2D eigenvalue weighted by Gasteiger charge is 2.16. The topological polar surface area (TPSA) is 185 Å². The first kappa shape index (κ1) is 46.6. The van der Waals surface area contributed by atoms with E-state index in [0.717, 1.165) is 0 Å². The van der Waals surface area contributed by atoms with E-state index in [1.807, 2.05) is 20.8 Å². The van der Waals surface area contributed by atoms with Gasteiger partial charge in [0.25, 0.3) is 0 Å². The molecule has 0 amide bonds. The molecule has 15 nitrogen and oxygen atoms in total. The predicted molar refractivity (Wildman–Crippen MR) is 203 cm³/mol. The van der Waals surface area contributed by atoms with Crippen LogP contribution in [0.5, 0.6) is 17.2 Å². The van der Waals surface area contributed by atoms with Gasteiger partial charge >= 0.3 is 36.4 Å². The molecule has 3 atom stereocenters. The van der Waals surface area contributed by atoms with Crippen LogP contribution in [0.25, 0.3) is 12.2 Å². The SMILES string of the molecule is CCCC(=O)O[C@H](C)CCOC(=O)Oc1ccc(/C=C/c2cc(OC(=O)OCC[C@@H](C)OC(=O)CCC)cc(OC(=O)OCC[C@@H](C)OC(=O)CCC)c2)cc1. The molecule has 0 unspecified atom stereocenters. The highest BCUT2D eigenvalue weighted by molar-refractivity contribution is 5.74. The number of hydrogen-bond acceptors (Lipinski definition) is 15. The average Bonchev–Trinajstić information content (AvgIpc) is 3.11. The summed E-state index contributed by atoms with van der Waals surface area (Å²) >= 11 is 0. The molecule has 0 bridgehead atoms. The molecular formula is C41H54O15. The van der Waals surface area contributed by atoms with E-state index in [2.05, 4.69) is 0 Å². The largest absolute Gasteiger partial charge is 0.513 e. The van der Waals surface area contributed by atoms with Gasteiger partial charge in [-0.25, -0.2) is 14.4 Å². The van der Waals surface area contributed by atoms with E-state index in [1.54, 1.807) is 57.2 Å². The Morgan fingerprint density at radius 2 is 0.821 bits per heavy atom. The van der Waals surface area contributed by atoms with Crippen molar-refractivity contribution in [3.8, 4) is 17.2 Å². The van der Waals surface area contributed by atoms with Crippen molar-refractivity contribution >= 4 is 48.5 Å². The first-order valence-electron chi connectivity index (χ1n) is 18.9. The van der Waals surface area contributed by atoms with E-state index < -0.39 is 36.8 Å². The molecule has 2 aromatic rings. The fourth-order valence-corrected chi connectivity index (χ4v) is 4.59. The van der Waals surface area contributed by atoms with Crippen LogP contribution in [0.3, 0.4) is 0 Å². The van der Waals surface area contributed by atoms with Crippen molar-refractivity contribution in [3.63, 3.8) is 0 Å². The molecule has 0 saturated carbocycles. The second kappa shape index (κ2) is 26.2. The van der Waals surface area contributed by atoms with E-state index in [1.165, 1.54) is 18.2 Å². The summed E-state index contributed by atoms with van der Waals surface area (Å²) in [5.41, 5.74) is 1.16. The molecule has 0 aliphatic carbocycles. The predicted octanol–water partition coefficient (Wildman–Crippen LogP) is 8.77. The highest BCUT2D eigenvalue weighted by atomic mass is 16.7. The Morgan fingerprint density at radius 1 is 0.482 bits per heavy atom. The van der Waals surface area contributed by atoms with Gasteiger partial charge in [0.05, 0.1) is 19.8 Å². The molecule has 308 valence electrons. The van der Waals surface area contributed by atoms with Gasteiger partial charge in [0.2, 0.25) is 0 Å². The number of rotatable bonds is 23. The number of hydrogen-bond donors (Lipinski definition) is 0. The van der Waals surface area contributed by atoms with Crippen LogP contribution in [0.1, 0.15) is 110 Å². The smallest absolute Gasteiger partial charge is 0.463 e. The molecule has 0 spiro atoms. The first-order chi connectivity index (χ1) is 26.8. The van der Waals surface area contributed by atoms with Gasteiger partial charge in [0, 0.05) is 44.6 Å². The van der Waals surface area contributed by atoms with Crippen molar-refractivity contribution in [3.05, 3.63) is 53.6 Å². The summed E-state index contributed by atoms with van der Waals surface area (Å²) in [5.74, 6) is -0.746. The minimum Gasteiger partial charge on any atom is -0.463 e. The van der Waals surface area contributed by atoms with Crippen molar-refractivity contribution in [1.82, 2.24) is 0 Å². The van der Waals surface area contributed by atoms with Crippen LogP contribution in [0.15, 0.2) is 42.5 Å². The minimum atomic E-state index is -1.03. The number of benzene rings is 2. The van der Waals surface area contributed by atoms with E-state index in [4.69, 9.17) is 42.6 Å². The summed E-state index contributed by atoms with van der Waals surface area (Å²) in [6, 6.07) is 10.8. The summed E-state index contributed by atoms with van der Waals surface area (Å²) in [6.07, 6.45) is 2.81. The average molecular weight is 787 g/mol. The molecule has 2 aromatic carbocycles. The third-order valence-electron chi connectivity index (χ3n) is 7.45. The Hall–Kier alpha value is -5.60. The molecule has 0 aliphatic heterocycles. The zero-order chi connectivity index (χ0) is 41.3. The van der Waals surface area contributed by atoms with Gasteiger partial charge in [-0.3, -0.25) is 14.4 Å². The van der Waals surface area contributed by atoms with E-state index in [9.17, 15) is 28.8 Å². The van der Waals surface area contributed by atoms with Crippen LogP contribution in [-0.2, 0) is 42.8 Å². The second-order valence-electron chi connectivity index (χ2n) is 12.8. The molecule has 56 heavy (non-hydrogen) atoms. The van der Waals surface area contributed by atoms with Crippen LogP contribution in [0.2, 0.25) is 0 Å². The van der Waals surface area contributed by atoms with Gasteiger partial charge in [-0.05, 0) is 75.4 Å². The van der Waals surface area contributed by atoms with Crippen molar-refractivity contribution in [2.75, 3.05) is 19.8 Å². The molecule has 0 aliphatic rings. The Labute approximate surface area is 327 Å². The van der Waals surface area contributed by atoms with Gasteiger partial charge in [-0.2, -0.15) is 0 Å². The second-order valence-corrected chi connectivity index (χ2v) is 12.8. The summed E-state index contributed by atoms with van der Waals surface area (Å²) in [5, 5.41) is 0. The van der Waals surface area contributed by atoms with Crippen LogP contribution < -0.4 is 14.2 Å². The number of carbonyl (C=O) groups is 6. The number of esters is 3. The Kier molecular flexibility index (Phi) is 21.8. The first-order valence-corrected chi connectivity index (χ1v) is 18.9. The maximum atomic E-state index is 12.5. The fourth-order valence-electron chi connectivity index (χ4n) is 4.59. The summed E-state index contributed by atoms with van der Waals surface area (Å²) < 4.78 is 47.0.